The van der Waals surface area contributed by atoms with E-state index in [9.17, 15) is 4.79 Å². The number of hydrogen-bond acceptors (Lipinski definition) is 5. The zero-order valence-corrected chi connectivity index (χ0v) is 11.1. The van der Waals surface area contributed by atoms with Crippen molar-refractivity contribution in [2.75, 3.05) is 19.8 Å². The molecule has 2 unspecified atom stereocenters. The molecule has 19 heavy (non-hydrogen) atoms. The first kappa shape index (κ1) is 13.9. The van der Waals surface area contributed by atoms with E-state index in [0.717, 1.165) is 18.7 Å². The Kier molecular flexibility index (Phi) is 5.23. The summed E-state index contributed by atoms with van der Waals surface area (Å²) >= 11 is 0. The molecule has 6 heteroatoms. The van der Waals surface area contributed by atoms with Crippen LogP contribution in [0.5, 0.6) is 0 Å². The van der Waals surface area contributed by atoms with Gasteiger partial charge in [0.15, 0.2) is 0 Å². The molecule has 0 aromatic carbocycles. The Morgan fingerprint density at radius 3 is 3.16 bits per heavy atom. The molecule has 1 amide bonds. The average Bonchev–Trinajstić information content (AvgIpc) is 2.92. The molecule has 6 nitrogen and oxygen atoms in total. The Labute approximate surface area is 112 Å². The summed E-state index contributed by atoms with van der Waals surface area (Å²) in [6, 6.07) is 3.76. The van der Waals surface area contributed by atoms with Crippen LogP contribution < -0.4 is 10.6 Å². The number of ether oxygens (including phenoxy) is 1. The smallest absolute Gasteiger partial charge is 0.227 e. The summed E-state index contributed by atoms with van der Waals surface area (Å²) in [5.41, 5.74) is 0.757. The van der Waals surface area contributed by atoms with Crippen molar-refractivity contribution in [1.29, 1.82) is 0 Å². The lowest BCUT2D eigenvalue weighted by molar-refractivity contribution is -0.125. The minimum Gasteiger partial charge on any atom is -0.379 e. The molecule has 104 valence electrons. The molecule has 0 saturated carbocycles. The zero-order valence-electron chi connectivity index (χ0n) is 11.1. The summed E-state index contributed by atoms with van der Waals surface area (Å²) in [6.45, 7) is 4.49. The largest absolute Gasteiger partial charge is 0.379 e. The fourth-order valence-electron chi connectivity index (χ4n) is 2.08. The molecule has 0 spiro atoms. The zero-order chi connectivity index (χ0) is 13.5. The normalized spacial score (nSPS) is 22.4. The number of carbonyl (C=O) groups excluding carboxylic acids is 1. The van der Waals surface area contributed by atoms with Crippen LogP contribution in [-0.2, 0) is 16.1 Å². The van der Waals surface area contributed by atoms with Gasteiger partial charge in [-0.3, -0.25) is 4.79 Å². The van der Waals surface area contributed by atoms with Crippen LogP contribution in [0.1, 0.15) is 19.0 Å². The Bertz CT molecular complexity index is 399. The lowest BCUT2D eigenvalue weighted by Gasteiger charge is -2.18. The molecule has 2 rings (SSSR count). The van der Waals surface area contributed by atoms with Gasteiger partial charge >= 0.3 is 0 Å². The second-order valence-electron chi connectivity index (χ2n) is 4.64. The number of nitrogens with zero attached hydrogens (tertiary/aromatic N) is 2. The van der Waals surface area contributed by atoms with Gasteiger partial charge in [-0.2, -0.15) is 10.2 Å². The van der Waals surface area contributed by atoms with Gasteiger partial charge in [-0.05, 0) is 25.1 Å². The van der Waals surface area contributed by atoms with Gasteiger partial charge in [-0.15, -0.1) is 0 Å². The number of amides is 1. The van der Waals surface area contributed by atoms with Crippen molar-refractivity contribution in [3.63, 3.8) is 0 Å². The third-order valence-electron chi connectivity index (χ3n) is 3.15. The Balaban J connectivity index is 1.82. The van der Waals surface area contributed by atoms with Gasteiger partial charge in [0.2, 0.25) is 5.91 Å². The monoisotopic (exact) mass is 264 g/mol. The van der Waals surface area contributed by atoms with Crippen molar-refractivity contribution in [2.45, 2.75) is 25.9 Å². The van der Waals surface area contributed by atoms with Gasteiger partial charge in [0.25, 0.3) is 0 Å². The van der Waals surface area contributed by atoms with Crippen LogP contribution in [-0.4, -0.2) is 41.9 Å². The first-order valence-electron chi connectivity index (χ1n) is 6.66. The topological polar surface area (TPSA) is 76.1 Å². The molecule has 1 saturated heterocycles. The van der Waals surface area contributed by atoms with Crippen LogP contribution in [0, 0.1) is 5.92 Å². The first-order chi connectivity index (χ1) is 9.31. The Morgan fingerprint density at radius 2 is 2.42 bits per heavy atom. The fraction of sp³-hybridized carbons (Fsp3) is 0.615. The van der Waals surface area contributed by atoms with Crippen molar-refractivity contribution < 1.29 is 9.53 Å². The number of hydrogen-bond donors (Lipinski definition) is 2. The van der Waals surface area contributed by atoms with E-state index in [1.54, 1.807) is 12.3 Å². The molecular formula is C13H20N4O2. The molecule has 1 aliphatic rings. The molecular weight excluding hydrogens is 244 g/mol. The van der Waals surface area contributed by atoms with Gasteiger partial charge in [0, 0.05) is 12.2 Å². The van der Waals surface area contributed by atoms with E-state index in [2.05, 4.69) is 27.8 Å². The molecule has 2 heterocycles. The highest BCUT2D eigenvalue weighted by molar-refractivity contribution is 5.79. The molecule has 0 bridgehead atoms. The van der Waals surface area contributed by atoms with E-state index in [-0.39, 0.29) is 17.9 Å². The van der Waals surface area contributed by atoms with Crippen molar-refractivity contribution in [1.82, 2.24) is 20.8 Å². The second kappa shape index (κ2) is 7.16. The van der Waals surface area contributed by atoms with Gasteiger partial charge < -0.3 is 15.4 Å². The molecule has 0 aliphatic carbocycles. The van der Waals surface area contributed by atoms with Gasteiger partial charge in [-0.1, -0.05) is 6.92 Å². The van der Waals surface area contributed by atoms with E-state index >= 15 is 0 Å². The molecule has 0 radical (unpaired) electrons. The third kappa shape index (κ3) is 3.97. The number of nitrogens with one attached hydrogen (secondary N) is 2. The van der Waals surface area contributed by atoms with E-state index in [4.69, 9.17) is 4.74 Å². The van der Waals surface area contributed by atoms with Crippen molar-refractivity contribution >= 4 is 5.91 Å². The lowest BCUT2D eigenvalue weighted by atomic mass is 10.0. The standard InChI is InChI=1S/C13H20N4O2/c1-2-5-14-12-9-19-8-11(12)13(18)15-7-10-4-3-6-16-17-10/h3-4,6,11-12,14H,2,5,7-9H2,1H3,(H,15,18). The van der Waals surface area contributed by atoms with E-state index in [1.165, 1.54) is 0 Å². The van der Waals surface area contributed by atoms with E-state index < -0.39 is 0 Å². The first-order valence-corrected chi connectivity index (χ1v) is 6.66. The highest BCUT2D eigenvalue weighted by Gasteiger charge is 2.33. The lowest BCUT2D eigenvalue weighted by Crippen LogP contribution is -2.44. The fourth-order valence-corrected chi connectivity index (χ4v) is 2.08. The molecule has 1 aromatic rings. The van der Waals surface area contributed by atoms with E-state index in [0.29, 0.717) is 19.8 Å². The predicted octanol–water partition coefficient (Wildman–Crippen LogP) is 0.107. The summed E-state index contributed by atoms with van der Waals surface area (Å²) in [5.74, 6) is -0.111. The van der Waals surface area contributed by atoms with Crippen molar-refractivity contribution in [3.8, 4) is 0 Å². The molecule has 1 aromatic heterocycles. The van der Waals surface area contributed by atoms with Crippen LogP contribution in [0.3, 0.4) is 0 Å². The van der Waals surface area contributed by atoms with Crippen molar-refractivity contribution in [2.24, 2.45) is 5.92 Å². The highest BCUT2D eigenvalue weighted by Crippen LogP contribution is 2.14. The molecule has 1 aliphatic heterocycles. The van der Waals surface area contributed by atoms with Gasteiger partial charge in [0.1, 0.15) is 0 Å². The Morgan fingerprint density at radius 1 is 1.53 bits per heavy atom. The van der Waals surface area contributed by atoms with Crippen LogP contribution in [0.25, 0.3) is 0 Å². The summed E-state index contributed by atoms with van der Waals surface area (Å²) in [4.78, 5) is 12.1. The van der Waals surface area contributed by atoms with Gasteiger partial charge in [-0.25, -0.2) is 0 Å². The summed E-state index contributed by atoms with van der Waals surface area (Å²) in [7, 11) is 0. The molecule has 2 atom stereocenters. The highest BCUT2D eigenvalue weighted by atomic mass is 16.5. The maximum atomic E-state index is 12.1. The van der Waals surface area contributed by atoms with Crippen LogP contribution in [0.15, 0.2) is 18.3 Å². The van der Waals surface area contributed by atoms with Crippen LogP contribution in [0.2, 0.25) is 0 Å². The summed E-state index contributed by atoms with van der Waals surface area (Å²) in [6.07, 6.45) is 2.66. The maximum Gasteiger partial charge on any atom is 0.227 e. The SMILES string of the molecule is CCCNC1COCC1C(=O)NCc1cccnn1. The number of carbonyl (C=O) groups is 1. The summed E-state index contributed by atoms with van der Waals surface area (Å²) in [5, 5.41) is 13.9. The second-order valence-corrected chi connectivity index (χ2v) is 4.64. The summed E-state index contributed by atoms with van der Waals surface area (Å²) < 4.78 is 5.39. The quantitative estimate of drug-likeness (QED) is 0.762. The van der Waals surface area contributed by atoms with Crippen LogP contribution >= 0.6 is 0 Å². The Hall–Kier alpha value is -1.53. The third-order valence-corrected chi connectivity index (χ3v) is 3.15. The minimum absolute atomic E-state index is 0.0109. The van der Waals surface area contributed by atoms with Crippen molar-refractivity contribution in [3.05, 3.63) is 24.0 Å². The number of rotatable bonds is 6. The number of aromatic nitrogens is 2. The molecule has 2 N–H and O–H groups in total. The van der Waals surface area contributed by atoms with Crippen LogP contribution in [0.4, 0.5) is 0 Å². The maximum absolute atomic E-state index is 12.1. The van der Waals surface area contributed by atoms with E-state index in [1.807, 2.05) is 6.07 Å². The van der Waals surface area contributed by atoms with Gasteiger partial charge in [0.05, 0.1) is 31.4 Å². The average molecular weight is 264 g/mol. The minimum atomic E-state index is -0.122. The molecule has 1 fully saturated rings. The predicted molar refractivity (Wildman–Crippen MR) is 70.3 cm³/mol.